The Kier molecular flexibility index (Phi) is 17.8. The number of benzene rings is 4. The predicted molar refractivity (Wildman–Crippen MR) is 296 cm³/mol. The Bertz CT molecular complexity index is 2290. The molecule has 0 radical (unpaired) electrons. The molecule has 0 spiro atoms. The molecule has 0 aliphatic rings. The van der Waals surface area contributed by atoms with E-state index in [1.54, 1.807) is 0 Å². The Morgan fingerprint density at radius 1 is 0.300 bits per heavy atom. The van der Waals surface area contributed by atoms with Gasteiger partial charge in [0.05, 0.1) is 0 Å². The highest BCUT2D eigenvalue weighted by molar-refractivity contribution is 7.40. The quantitative estimate of drug-likeness (QED) is 0.0773. The molecular formula is C60H92O8P2. The van der Waals surface area contributed by atoms with Crippen molar-refractivity contribution in [3.8, 4) is 23.0 Å². The normalized spacial score (nSPS) is 13.6. The molecule has 4 aromatic carbocycles. The van der Waals surface area contributed by atoms with Crippen molar-refractivity contribution in [2.75, 3.05) is 13.2 Å². The second kappa shape index (κ2) is 21.0. The summed E-state index contributed by atoms with van der Waals surface area (Å²) in [5.41, 5.74) is 10.2. The SMILES string of the molecule is CC(C)(C)c1cc(Cc2cc(C(C)(C)C)cc(C(C)(C)C)c2OP(O)O)c(OCCOc2c(Cc3cc(C(C)(C)C)cc(C(C)(C)C)c3OP(O)O)cc(C(C)(C)C)cc2C(C)(C)C)c(C(C)(C)C)c1. The molecule has 0 fully saturated rings. The third-order valence-electron chi connectivity index (χ3n) is 13.0. The summed E-state index contributed by atoms with van der Waals surface area (Å²) < 4.78 is 26.1. The molecule has 4 N–H and O–H groups in total. The Labute approximate surface area is 427 Å². The van der Waals surface area contributed by atoms with Crippen LogP contribution in [0.5, 0.6) is 23.0 Å². The smallest absolute Gasteiger partial charge is 0.391 e. The van der Waals surface area contributed by atoms with E-state index in [4.69, 9.17) is 18.5 Å². The fraction of sp³-hybridized carbons (Fsp3) is 0.600. The van der Waals surface area contributed by atoms with Gasteiger partial charge in [-0.1, -0.05) is 215 Å². The molecule has 390 valence electrons. The first-order valence-electron chi connectivity index (χ1n) is 25.1. The lowest BCUT2D eigenvalue weighted by atomic mass is 9.76. The van der Waals surface area contributed by atoms with Crippen molar-refractivity contribution in [2.24, 2.45) is 0 Å². The van der Waals surface area contributed by atoms with E-state index >= 15 is 0 Å². The van der Waals surface area contributed by atoms with E-state index in [0.29, 0.717) is 24.3 Å². The molecule has 0 amide bonds. The second-order valence-electron chi connectivity index (χ2n) is 27.8. The lowest BCUT2D eigenvalue weighted by Crippen LogP contribution is -2.23. The maximum absolute atomic E-state index is 10.4. The number of hydrogen-bond donors (Lipinski definition) is 4. The number of rotatable bonds is 13. The Hall–Kier alpha value is -3.22. The van der Waals surface area contributed by atoms with Gasteiger partial charge in [-0.2, -0.15) is 0 Å². The van der Waals surface area contributed by atoms with Gasteiger partial charge in [0, 0.05) is 35.1 Å². The van der Waals surface area contributed by atoms with E-state index < -0.39 is 17.2 Å². The minimum atomic E-state index is -2.70. The highest BCUT2D eigenvalue weighted by atomic mass is 31.2. The zero-order chi connectivity index (χ0) is 53.7. The highest BCUT2D eigenvalue weighted by Gasteiger charge is 2.33. The maximum atomic E-state index is 10.4. The summed E-state index contributed by atoms with van der Waals surface area (Å²) in [6.07, 6.45) is 0.861. The third-order valence-corrected chi connectivity index (χ3v) is 13.7. The maximum Gasteiger partial charge on any atom is 0.391 e. The van der Waals surface area contributed by atoms with Gasteiger partial charge in [-0.25, -0.2) is 0 Å². The Morgan fingerprint density at radius 3 is 0.686 bits per heavy atom. The van der Waals surface area contributed by atoms with Crippen LogP contribution in [0.15, 0.2) is 48.5 Å². The van der Waals surface area contributed by atoms with E-state index in [1.807, 2.05) is 0 Å². The number of ether oxygens (including phenoxy) is 2. The van der Waals surface area contributed by atoms with E-state index in [2.05, 4.69) is 215 Å². The monoisotopic (exact) mass is 1000 g/mol. The third kappa shape index (κ3) is 15.2. The highest BCUT2D eigenvalue weighted by Crippen LogP contribution is 2.48. The van der Waals surface area contributed by atoms with Crippen molar-refractivity contribution in [3.63, 3.8) is 0 Å². The molecule has 0 saturated heterocycles. The lowest BCUT2D eigenvalue weighted by molar-refractivity contribution is 0.209. The first-order valence-corrected chi connectivity index (χ1v) is 27.4. The van der Waals surface area contributed by atoms with Crippen LogP contribution in [0.25, 0.3) is 0 Å². The first-order chi connectivity index (χ1) is 31.4. The van der Waals surface area contributed by atoms with Gasteiger partial charge >= 0.3 is 17.2 Å². The summed E-state index contributed by atoms with van der Waals surface area (Å²) in [7, 11) is -5.39. The van der Waals surface area contributed by atoms with Crippen LogP contribution in [0.3, 0.4) is 0 Å². The van der Waals surface area contributed by atoms with E-state index in [-0.39, 0.29) is 56.5 Å². The van der Waals surface area contributed by atoms with Gasteiger partial charge in [0.15, 0.2) is 0 Å². The second-order valence-corrected chi connectivity index (χ2v) is 29.2. The van der Waals surface area contributed by atoms with E-state index in [0.717, 1.165) is 67.1 Å². The van der Waals surface area contributed by atoms with Gasteiger partial charge in [-0.15, -0.1) is 0 Å². The van der Waals surface area contributed by atoms with Crippen LogP contribution in [0, 0.1) is 0 Å². The summed E-state index contributed by atoms with van der Waals surface area (Å²) in [4.78, 5) is 41.6. The zero-order valence-corrected chi connectivity index (χ0v) is 49.6. The van der Waals surface area contributed by atoms with Crippen LogP contribution >= 0.6 is 17.2 Å². The summed E-state index contributed by atoms with van der Waals surface area (Å²) in [6.45, 7) is 53.1. The van der Waals surface area contributed by atoms with Crippen LogP contribution in [0.1, 0.15) is 233 Å². The summed E-state index contributed by atoms with van der Waals surface area (Å²) in [6, 6.07) is 17.7. The minimum Gasteiger partial charge on any atom is -0.489 e. The van der Waals surface area contributed by atoms with E-state index in [9.17, 15) is 19.6 Å². The fourth-order valence-corrected chi connectivity index (χ4v) is 9.42. The topological polar surface area (TPSA) is 118 Å². The van der Waals surface area contributed by atoms with Gasteiger partial charge in [0.2, 0.25) is 0 Å². The molecule has 4 rings (SSSR count). The molecule has 4 aromatic rings. The summed E-state index contributed by atoms with van der Waals surface area (Å²) in [5, 5.41) is 0. The summed E-state index contributed by atoms with van der Waals surface area (Å²) in [5.74, 6) is 2.55. The van der Waals surface area contributed by atoms with Crippen molar-refractivity contribution in [2.45, 2.75) is 222 Å². The number of hydrogen-bond acceptors (Lipinski definition) is 8. The molecule has 0 atom stereocenters. The molecule has 70 heavy (non-hydrogen) atoms. The largest absolute Gasteiger partial charge is 0.489 e. The molecular weight excluding hydrogens is 911 g/mol. The minimum absolute atomic E-state index is 0.176. The first kappa shape index (κ1) is 59.3. The zero-order valence-electron chi connectivity index (χ0n) is 47.8. The Morgan fingerprint density at radius 2 is 0.500 bits per heavy atom. The standard InChI is InChI=1S/C60H92O8P2/c1-53(2,3)41-29-37(27-39-31-43(55(7,8)9)35-47(59(19,20)21)51(39)67-69(61)62)49(45(33-41)57(13,14)15)65-25-26-66-50-38(30-42(54(4,5)6)34-46(50)58(16,17)18)28-40-32-44(56(10,11)12)36-48(60(22,23)24)52(40)68-70(63)64/h29-36,61-64H,25-28H2,1-24H3. The fourth-order valence-electron chi connectivity index (χ4n) is 8.66. The van der Waals surface area contributed by atoms with Gasteiger partial charge in [0.1, 0.15) is 36.2 Å². The van der Waals surface area contributed by atoms with Crippen LogP contribution in [0.2, 0.25) is 0 Å². The molecule has 0 aliphatic heterocycles. The predicted octanol–water partition coefficient (Wildman–Crippen LogP) is 15.9. The lowest BCUT2D eigenvalue weighted by Gasteiger charge is -2.32. The summed E-state index contributed by atoms with van der Waals surface area (Å²) >= 11 is 0. The average Bonchev–Trinajstić information content (AvgIpc) is 3.14. The van der Waals surface area contributed by atoms with Gasteiger partial charge in [-0.05, 0) is 87.8 Å². The van der Waals surface area contributed by atoms with Crippen molar-refractivity contribution < 1.29 is 38.1 Å². The molecule has 0 aliphatic carbocycles. The van der Waals surface area contributed by atoms with Gasteiger partial charge in [-0.3, -0.25) is 0 Å². The van der Waals surface area contributed by atoms with Crippen molar-refractivity contribution in [1.29, 1.82) is 0 Å². The molecule has 8 nitrogen and oxygen atoms in total. The molecule has 0 heterocycles. The van der Waals surface area contributed by atoms with Crippen LogP contribution < -0.4 is 18.5 Å². The molecule has 0 saturated carbocycles. The molecule has 0 aromatic heterocycles. The molecule has 10 heteroatoms. The van der Waals surface area contributed by atoms with Crippen molar-refractivity contribution >= 4 is 17.2 Å². The average molecular weight is 1000 g/mol. The molecule has 0 bridgehead atoms. The van der Waals surface area contributed by atoms with Crippen LogP contribution in [-0.4, -0.2) is 32.8 Å². The van der Waals surface area contributed by atoms with Crippen molar-refractivity contribution in [3.05, 3.63) is 115 Å². The van der Waals surface area contributed by atoms with Gasteiger partial charge < -0.3 is 38.1 Å². The van der Waals surface area contributed by atoms with Crippen LogP contribution in [0.4, 0.5) is 0 Å². The molecule has 0 unspecified atom stereocenters. The van der Waals surface area contributed by atoms with E-state index in [1.165, 1.54) is 11.1 Å². The van der Waals surface area contributed by atoms with Gasteiger partial charge in [0.25, 0.3) is 0 Å². The Balaban J connectivity index is 1.97. The van der Waals surface area contributed by atoms with Crippen molar-refractivity contribution in [1.82, 2.24) is 0 Å². The van der Waals surface area contributed by atoms with Crippen LogP contribution in [-0.2, 0) is 56.2 Å².